The molecule has 0 spiro atoms. The molecule has 29 heavy (non-hydrogen) atoms. The van der Waals surface area contributed by atoms with Gasteiger partial charge < -0.3 is 0 Å². The molecule has 5 heteroatoms. The highest BCUT2D eigenvalue weighted by Gasteiger charge is 2.14. The van der Waals surface area contributed by atoms with E-state index in [1.807, 2.05) is 56.3 Å². The fourth-order valence-corrected chi connectivity index (χ4v) is 4.20. The standard InChI is InChI=1S/C24H19FN2OS/c1-15-7-12-19(16(2)13-15)22(28)14-29-24-21-6-4-3-5-20(21)23(26-27-24)17-8-10-18(25)11-9-17/h3-13H,14H2,1-2H3. The summed E-state index contributed by atoms with van der Waals surface area (Å²) in [4.78, 5) is 12.7. The number of benzene rings is 3. The summed E-state index contributed by atoms with van der Waals surface area (Å²) in [6.07, 6.45) is 0. The highest BCUT2D eigenvalue weighted by molar-refractivity contribution is 8.00. The first kappa shape index (κ1) is 19.3. The Morgan fingerprint density at radius 3 is 2.38 bits per heavy atom. The van der Waals surface area contributed by atoms with Gasteiger partial charge in [-0.2, -0.15) is 0 Å². The van der Waals surface area contributed by atoms with E-state index in [4.69, 9.17) is 0 Å². The molecule has 0 fully saturated rings. The molecule has 0 amide bonds. The Morgan fingerprint density at radius 1 is 0.931 bits per heavy atom. The van der Waals surface area contributed by atoms with Crippen LogP contribution < -0.4 is 0 Å². The predicted molar refractivity (Wildman–Crippen MR) is 116 cm³/mol. The molecule has 4 aromatic rings. The van der Waals surface area contributed by atoms with Gasteiger partial charge in [-0.3, -0.25) is 4.79 Å². The van der Waals surface area contributed by atoms with Crippen molar-refractivity contribution in [2.24, 2.45) is 0 Å². The predicted octanol–water partition coefficient (Wildman–Crippen LogP) is 6.03. The summed E-state index contributed by atoms with van der Waals surface area (Å²) in [5, 5.41) is 11.3. The number of ketones is 1. The maximum atomic E-state index is 13.3. The molecular weight excluding hydrogens is 383 g/mol. The molecule has 0 bridgehead atoms. The molecule has 0 radical (unpaired) electrons. The van der Waals surface area contributed by atoms with E-state index < -0.39 is 0 Å². The van der Waals surface area contributed by atoms with Crippen molar-refractivity contribution in [3.8, 4) is 11.3 Å². The lowest BCUT2D eigenvalue weighted by atomic mass is 10.0. The van der Waals surface area contributed by atoms with Gasteiger partial charge in [0, 0.05) is 21.9 Å². The Bertz CT molecular complexity index is 1210. The molecule has 4 rings (SSSR count). The zero-order chi connectivity index (χ0) is 20.4. The number of halogens is 1. The number of nitrogens with zero attached hydrogens (tertiary/aromatic N) is 2. The Labute approximate surface area is 173 Å². The largest absolute Gasteiger partial charge is 0.293 e. The number of aromatic nitrogens is 2. The molecule has 1 aromatic heterocycles. The van der Waals surface area contributed by atoms with Crippen molar-refractivity contribution in [2.45, 2.75) is 18.9 Å². The van der Waals surface area contributed by atoms with Crippen molar-refractivity contribution in [1.82, 2.24) is 10.2 Å². The van der Waals surface area contributed by atoms with Gasteiger partial charge in [0.25, 0.3) is 0 Å². The van der Waals surface area contributed by atoms with Crippen LogP contribution in [-0.4, -0.2) is 21.7 Å². The summed E-state index contributed by atoms with van der Waals surface area (Å²) in [6, 6.07) is 19.9. The lowest BCUT2D eigenvalue weighted by Crippen LogP contribution is -2.05. The van der Waals surface area contributed by atoms with Crippen LogP contribution in [0.5, 0.6) is 0 Å². The van der Waals surface area contributed by atoms with Gasteiger partial charge in [0.05, 0.1) is 5.75 Å². The molecule has 1 heterocycles. The van der Waals surface area contributed by atoms with Gasteiger partial charge in [-0.05, 0) is 43.7 Å². The summed E-state index contributed by atoms with van der Waals surface area (Å²) >= 11 is 1.39. The van der Waals surface area contributed by atoms with Crippen molar-refractivity contribution in [3.05, 3.63) is 89.2 Å². The van der Waals surface area contributed by atoms with Gasteiger partial charge in [-0.1, -0.05) is 59.8 Å². The van der Waals surface area contributed by atoms with E-state index in [9.17, 15) is 9.18 Å². The quantitative estimate of drug-likeness (QED) is 0.302. The summed E-state index contributed by atoms with van der Waals surface area (Å²) in [5.41, 5.74) is 4.37. The first-order valence-corrected chi connectivity index (χ1v) is 10.3. The molecule has 0 aliphatic rings. The van der Waals surface area contributed by atoms with E-state index >= 15 is 0 Å². The molecular formula is C24H19FN2OS. The number of thioether (sulfide) groups is 1. The third-order valence-electron chi connectivity index (χ3n) is 4.79. The average Bonchev–Trinajstić information content (AvgIpc) is 2.72. The Morgan fingerprint density at radius 2 is 1.66 bits per heavy atom. The van der Waals surface area contributed by atoms with Crippen molar-refractivity contribution in [2.75, 3.05) is 5.75 Å². The second-order valence-corrected chi connectivity index (χ2v) is 7.90. The van der Waals surface area contributed by atoms with Crippen LogP contribution >= 0.6 is 11.8 Å². The van der Waals surface area contributed by atoms with Crippen LogP contribution in [0.2, 0.25) is 0 Å². The minimum absolute atomic E-state index is 0.0704. The molecule has 3 aromatic carbocycles. The van der Waals surface area contributed by atoms with E-state index in [-0.39, 0.29) is 11.6 Å². The second-order valence-electron chi connectivity index (χ2n) is 6.94. The highest BCUT2D eigenvalue weighted by Crippen LogP contribution is 2.32. The maximum absolute atomic E-state index is 13.3. The lowest BCUT2D eigenvalue weighted by Gasteiger charge is -2.10. The molecule has 3 nitrogen and oxygen atoms in total. The number of hydrogen-bond acceptors (Lipinski definition) is 4. The fraction of sp³-hybridized carbons (Fsp3) is 0.125. The van der Waals surface area contributed by atoms with Crippen molar-refractivity contribution < 1.29 is 9.18 Å². The lowest BCUT2D eigenvalue weighted by molar-refractivity contribution is 0.102. The zero-order valence-corrected chi connectivity index (χ0v) is 17.0. The van der Waals surface area contributed by atoms with Gasteiger partial charge in [0.15, 0.2) is 5.78 Å². The van der Waals surface area contributed by atoms with E-state index in [1.54, 1.807) is 12.1 Å². The molecule has 0 aliphatic heterocycles. The number of Topliss-reactive ketones (excluding diaryl/α,β-unsaturated/α-hetero) is 1. The van der Waals surface area contributed by atoms with Crippen molar-refractivity contribution >= 4 is 28.3 Å². The normalized spacial score (nSPS) is 11.0. The average molecular weight is 402 g/mol. The van der Waals surface area contributed by atoms with Crippen LogP contribution in [0.1, 0.15) is 21.5 Å². The van der Waals surface area contributed by atoms with Crippen molar-refractivity contribution in [1.29, 1.82) is 0 Å². The Hall–Kier alpha value is -3.05. The number of rotatable bonds is 5. The second kappa shape index (κ2) is 8.13. The van der Waals surface area contributed by atoms with Crippen molar-refractivity contribution in [3.63, 3.8) is 0 Å². The van der Waals surface area contributed by atoms with Gasteiger partial charge in [0.1, 0.15) is 16.5 Å². The van der Waals surface area contributed by atoms with E-state index in [0.29, 0.717) is 16.5 Å². The van der Waals surface area contributed by atoms with Crippen LogP contribution in [0, 0.1) is 19.7 Å². The van der Waals surface area contributed by atoms with Crippen LogP contribution in [-0.2, 0) is 0 Å². The third-order valence-corrected chi connectivity index (χ3v) is 5.77. The van der Waals surface area contributed by atoms with Gasteiger partial charge in [0.2, 0.25) is 0 Å². The van der Waals surface area contributed by atoms with Crippen LogP contribution in [0.3, 0.4) is 0 Å². The number of carbonyl (C=O) groups excluding carboxylic acids is 1. The fourth-order valence-electron chi connectivity index (χ4n) is 3.34. The van der Waals surface area contributed by atoms with Gasteiger partial charge in [-0.15, -0.1) is 10.2 Å². The smallest absolute Gasteiger partial charge is 0.173 e. The van der Waals surface area contributed by atoms with E-state index in [1.165, 1.54) is 23.9 Å². The SMILES string of the molecule is Cc1ccc(C(=O)CSc2nnc(-c3ccc(F)cc3)c3ccccc23)c(C)c1. The monoisotopic (exact) mass is 402 g/mol. The molecule has 0 atom stereocenters. The van der Waals surface area contributed by atoms with Gasteiger partial charge >= 0.3 is 0 Å². The molecule has 0 unspecified atom stereocenters. The molecule has 0 N–H and O–H groups in total. The number of hydrogen-bond donors (Lipinski definition) is 0. The highest BCUT2D eigenvalue weighted by atomic mass is 32.2. The van der Waals surface area contributed by atoms with Crippen LogP contribution in [0.25, 0.3) is 22.0 Å². The zero-order valence-electron chi connectivity index (χ0n) is 16.1. The van der Waals surface area contributed by atoms with Gasteiger partial charge in [-0.25, -0.2) is 4.39 Å². The molecule has 144 valence electrons. The number of carbonyl (C=O) groups is 1. The first-order valence-electron chi connectivity index (χ1n) is 9.27. The Kier molecular flexibility index (Phi) is 5.41. The minimum atomic E-state index is -0.289. The maximum Gasteiger partial charge on any atom is 0.173 e. The van der Waals surface area contributed by atoms with Crippen LogP contribution in [0.4, 0.5) is 4.39 Å². The van der Waals surface area contributed by atoms with E-state index in [2.05, 4.69) is 10.2 Å². The molecule has 0 saturated carbocycles. The molecule has 0 saturated heterocycles. The minimum Gasteiger partial charge on any atom is -0.293 e. The number of aryl methyl sites for hydroxylation is 2. The summed E-state index contributed by atoms with van der Waals surface area (Å²) < 4.78 is 13.3. The Balaban J connectivity index is 1.64. The van der Waals surface area contributed by atoms with Crippen LogP contribution in [0.15, 0.2) is 71.8 Å². The summed E-state index contributed by atoms with van der Waals surface area (Å²) in [6.45, 7) is 3.97. The summed E-state index contributed by atoms with van der Waals surface area (Å²) in [7, 11) is 0. The third kappa shape index (κ3) is 4.05. The summed E-state index contributed by atoms with van der Waals surface area (Å²) in [5.74, 6) is 0.0717. The number of fused-ring (bicyclic) bond motifs is 1. The molecule has 0 aliphatic carbocycles. The first-order chi connectivity index (χ1) is 14.0. The topological polar surface area (TPSA) is 42.9 Å². The van der Waals surface area contributed by atoms with E-state index in [0.717, 1.165) is 33.0 Å².